The van der Waals surface area contributed by atoms with Crippen LogP contribution in [0.15, 0.2) is 71.3 Å². The molecule has 36 heavy (non-hydrogen) atoms. The summed E-state index contributed by atoms with van der Waals surface area (Å²) in [5, 5.41) is 1.56. The van der Waals surface area contributed by atoms with Gasteiger partial charge < -0.3 is 4.90 Å². The number of piperidine rings is 2. The smallest absolute Gasteiger partial charge is 0.254 e. The largest absolute Gasteiger partial charge is 0.339 e. The van der Waals surface area contributed by atoms with Crippen LogP contribution in [0.1, 0.15) is 62.4 Å². The van der Waals surface area contributed by atoms with Crippen molar-refractivity contribution in [2.45, 2.75) is 62.6 Å². The van der Waals surface area contributed by atoms with Gasteiger partial charge in [0, 0.05) is 59.5 Å². The molecule has 0 aliphatic carbocycles. The van der Waals surface area contributed by atoms with E-state index in [9.17, 15) is 4.79 Å². The third kappa shape index (κ3) is 5.52. The molecule has 2 aliphatic rings. The molecule has 5 rings (SSSR count). The predicted molar refractivity (Wildman–Crippen MR) is 152 cm³/mol. The Kier molecular flexibility index (Phi) is 7.78. The highest BCUT2D eigenvalue weighted by atomic mass is 32.2. The first-order valence-corrected chi connectivity index (χ1v) is 14.2. The molecule has 188 valence electrons. The van der Waals surface area contributed by atoms with Gasteiger partial charge in [-0.05, 0) is 74.1 Å². The van der Waals surface area contributed by atoms with Gasteiger partial charge in [0.25, 0.3) is 5.91 Å². The standard InChI is InChI=1S/C31H37N3OS/c1-22(2)36-27-11-9-24(10-12-27)23(3)25-13-18-33(19-14-25)26-15-20-34(21-16-26)31(35)29-6-4-8-30-28(29)7-5-17-32-30/h4-12,17,22,26H,13-16,18-21H2,1-3H3. The third-order valence-electron chi connectivity index (χ3n) is 7.74. The summed E-state index contributed by atoms with van der Waals surface area (Å²) in [5.74, 6) is 0.143. The normalized spacial score (nSPS) is 17.7. The average molecular weight is 500 g/mol. The van der Waals surface area contributed by atoms with Crippen LogP contribution < -0.4 is 0 Å². The van der Waals surface area contributed by atoms with E-state index in [2.05, 4.69) is 54.9 Å². The monoisotopic (exact) mass is 499 g/mol. The number of carbonyl (C=O) groups is 1. The Labute approximate surface area is 219 Å². The van der Waals surface area contributed by atoms with Gasteiger partial charge in [-0.1, -0.05) is 43.7 Å². The van der Waals surface area contributed by atoms with Gasteiger partial charge in [-0.15, -0.1) is 11.8 Å². The average Bonchev–Trinajstić information content (AvgIpc) is 2.92. The molecule has 2 fully saturated rings. The van der Waals surface area contributed by atoms with Gasteiger partial charge in [0.05, 0.1) is 5.52 Å². The molecule has 0 bridgehead atoms. The van der Waals surface area contributed by atoms with E-state index in [1.807, 2.05) is 47.0 Å². The highest BCUT2D eigenvalue weighted by molar-refractivity contribution is 7.99. The number of carbonyl (C=O) groups excluding carboxylic acids is 1. The Bertz CT molecular complexity index is 1230. The van der Waals surface area contributed by atoms with Crippen LogP contribution in [-0.4, -0.2) is 58.2 Å². The molecule has 0 unspecified atom stereocenters. The van der Waals surface area contributed by atoms with Crippen LogP contribution in [0.4, 0.5) is 0 Å². The summed E-state index contributed by atoms with van der Waals surface area (Å²) in [5.41, 5.74) is 6.09. The van der Waals surface area contributed by atoms with Gasteiger partial charge in [-0.3, -0.25) is 14.7 Å². The van der Waals surface area contributed by atoms with Crippen molar-refractivity contribution in [1.82, 2.24) is 14.8 Å². The highest BCUT2D eigenvalue weighted by Gasteiger charge is 2.29. The molecule has 2 aromatic carbocycles. The molecule has 0 saturated carbocycles. The lowest BCUT2D eigenvalue weighted by Crippen LogP contribution is -2.48. The number of amides is 1. The van der Waals surface area contributed by atoms with Crippen molar-refractivity contribution < 1.29 is 4.79 Å². The maximum Gasteiger partial charge on any atom is 0.254 e. The van der Waals surface area contributed by atoms with Crippen molar-refractivity contribution in [2.24, 2.45) is 0 Å². The first kappa shape index (κ1) is 25.0. The van der Waals surface area contributed by atoms with Gasteiger partial charge in [-0.25, -0.2) is 0 Å². The van der Waals surface area contributed by atoms with Crippen molar-refractivity contribution in [3.8, 4) is 0 Å². The summed E-state index contributed by atoms with van der Waals surface area (Å²) in [6.07, 6.45) is 6.20. The fraction of sp³-hybridized carbons (Fsp3) is 0.419. The van der Waals surface area contributed by atoms with E-state index < -0.39 is 0 Å². The van der Waals surface area contributed by atoms with Crippen LogP contribution in [0.2, 0.25) is 0 Å². The lowest BCUT2D eigenvalue weighted by Gasteiger charge is -2.41. The molecule has 3 aromatic rings. The van der Waals surface area contributed by atoms with E-state index in [0.717, 1.165) is 68.3 Å². The Morgan fingerprint density at radius 2 is 1.67 bits per heavy atom. The second-order valence-corrected chi connectivity index (χ2v) is 12.0. The van der Waals surface area contributed by atoms with Gasteiger partial charge >= 0.3 is 0 Å². The molecular formula is C31H37N3OS. The second kappa shape index (κ2) is 11.2. The number of fused-ring (bicyclic) bond motifs is 1. The third-order valence-corrected chi connectivity index (χ3v) is 8.75. The van der Waals surface area contributed by atoms with Crippen molar-refractivity contribution in [3.05, 3.63) is 77.5 Å². The molecule has 1 aromatic heterocycles. The minimum Gasteiger partial charge on any atom is -0.339 e. The summed E-state index contributed by atoms with van der Waals surface area (Å²) in [4.78, 5) is 23.8. The summed E-state index contributed by atoms with van der Waals surface area (Å²) in [6, 6.07) is 19.5. The number of likely N-dealkylation sites (tertiary alicyclic amines) is 2. The Balaban J connectivity index is 1.16. The minimum absolute atomic E-state index is 0.143. The number of rotatable bonds is 5. The zero-order chi connectivity index (χ0) is 25.1. The van der Waals surface area contributed by atoms with Crippen molar-refractivity contribution in [3.63, 3.8) is 0 Å². The molecular weight excluding hydrogens is 462 g/mol. The van der Waals surface area contributed by atoms with Gasteiger partial charge in [0.1, 0.15) is 0 Å². The first-order valence-electron chi connectivity index (χ1n) is 13.3. The predicted octanol–water partition coefficient (Wildman–Crippen LogP) is 6.91. The molecule has 3 heterocycles. The van der Waals surface area contributed by atoms with Crippen molar-refractivity contribution >= 4 is 34.1 Å². The zero-order valence-corrected chi connectivity index (χ0v) is 22.6. The van der Waals surface area contributed by atoms with Crippen LogP contribution >= 0.6 is 11.8 Å². The van der Waals surface area contributed by atoms with Crippen LogP contribution in [-0.2, 0) is 0 Å². The number of hydrogen-bond donors (Lipinski definition) is 0. The lowest BCUT2D eigenvalue weighted by molar-refractivity contribution is 0.0610. The summed E-state index contributed by atoms with van der Waals surface area (Å²) in [7, 11) is 0. The molecule has 4 nitrogen and oxygen atoms in total. The van der Waals surface area contributed by atoms with Crippen LogP contribution in [0.5, 0.6) is 0 Å². The van der Waals surface area contributed by atoms with Gasteiger partial charge in [0.2, 0.25) is 0 Å². The minimum atomic E-state index is 0.143. The van der Waals surface area contributed by atoms with E-state index in [-0.39, 0.29) is 5.91 Å². The molecule has 2 saturated heterocycles. The SMILES string of the molecule is CC(=C1CCN(C2CCN(C(=O)c3cccc4ncccc34)CC2)CC1)c1ccc(SC(C)C)cc1. The summed E-state index contributed by atoms with van der Waals surface area (Å²) < 4.78 is 0. The number of thioether (sulfide) groups is 1. The fourth-order valence-electron chi connectivity index (χ4n) is 5.69. The van der Waals surface area contributed by atoms with Gasteiger partial charge in [-0.2, -0.15) is 0 Å². The Morgan fingerprint density at radius 3 is 2.36 bits per heavy atom. The molecule has 0 radical (unpaired) electrons. The molecule has 1 amide bonds. The molecule has 0 spiro atoms. The Morgan fingerprint density at radius 1 is 0.944 bits per heavy atom. The van der Waals surface area contributed by atoms with E-state index in [1.165, 1.54) is 16.0 Å². The quantitative estimate of drug-likeness (QED) is 0.358. The number of pyridine rings is 1. The number of hydrogen-bond acceptors (Lipinski definition) is 4. The fourth-order valence-corrected chi connectivity index (χ4v) is 6.53. The second-order valence-electron chi connectivity index (χ2n) is 10.4. The lowest BCUT2D eigenvalue weighted by atomic mass is 9.92. The van der Waals surface area contributed by atoms with Crippen molar-refractivity contribution in [2.75, 3.05) is 26.2 Å². The van der Waals surface area contributed by atoms with E-state index in [0.29, 0.717) is 11.3 Å². The van der Waals surface area contributed by atoms with E-state index in [4.69, 9.17) is 0 Å². The number of benzene rings is 2. The Hall–Kier alpha value is -2.63. The van der Waals surface area contributed by atoms with Crippen molar-refractivity contribution in [1.29, 1.82) is 0 Å². The van der Waals surface area contributed by atoms with Crippen LogP contribution in [0.3, 0.4) is 0 Å². The summed E-state index contributed by atoms with van der Waals surface area (Å²) >= 11 is 1.92. The maximum absolute atomic E-state index is 13.3. The number of aromatic nitrogens is 1. The maximum atomic E-state index is 13.3. The molecule has 2 aliphatic heterocycles. The molecule has 5 heteroatoms. The topological polar surface area (TPSA) is 36.4 Å². The number of allylic oxidation sites excluding steroid dienone is 1. The first-order chi connectivity index (χ1) is 17.5. The highest BCUT2D eigenvalue weighted by Crippen LogP contribution is 2.31. The van der Waals surface area contributed by atoms with Crippen LogP contribution in [0, 0.1) is 0 Å². The van der Waals surface area contributed by atoms with E-state index >= 15 is 0 Å². The van der Waals surface area contributed by atoms with E-state index in [1.54, 1.807) is 11.8 Å². The summed E-state index contributed by atoms with van der Waals surface area (Å²) in [6.45, 7) is 10.7. The molecule has 0 atom stereocenters. The van der Waals surface area contributed by atoms with Gasteiger partial charge in [0.15, 0.2) is 0 Å². The number of nitrogens with zero attached hydrogens (tertiary/aromatic N) is 3. The molecule has 0 N–H and O–H groups in total. The van der Waals surface area contributed by atoms with Crippen LogP contribution in [0.25, 0.3) is 16.5 Å². The zero-order valence-electron chi connectivity index (χ0n) is 21.7.